The van der Waals surface area contributed by atoms with E-state index < -0.39 is 17.9 Å². The summed E-state index contributed by atoms with van der Waals surface area (Å²) in [5.41, 5.74) is 4.55. The van der Waals surface area contributed by atoms with Crippen molar-refractivity contribution in [3.63, 3.8) is 0 Å². The van der Waals surface area contributed by atoms with Gasteiger partial charge in [-0.2, -0.15) is 0 Å². The maximum Gasteiger partial charge on any atom is 0.308 e. The molecule has 0 radical (unpaired) electrons. The number of carbonyl (C=O) groups is 3. The first-order chi connectivity index (χ1) is 20.7. The van der Waals surface area contributed by atoms with Gasteiger partial charge in [-0.1, -0.05) is 31.9 Å². The first-order valence-corrected chi connectivity index (χ1v) is 15.0. The molecule has 4 aromatic rings. The lowest BCUT2D eigenvalue weighted by molar-refractivity contribution is -0.143. The summed E-state index contributed by atoms with van der Waals surface area (Å²) in [6.45, 7) is 7.36. The van der Waals surface area contributed by atoms with Gasteiger partial charge in [-0.15, -0.1) is 0 Å². The smallest absolute Gasteiger partial charge is 0.308 e. The molecule has 0 unspecified atom stereocenters. The van der Waals surface area contributed by atoms with Crippen LogP contribution >= 0.6 is 0 Å². The number of ketones is 1. The van der Waals surface area contributed by atoms with E-state index in [1.54, 1.807) is 25.1 Å². The maximum absolute atomic E-state index is 13.7. The molecule has 0 spiro atoms. The SMILES string of the molecule is CCC(=O)c1c(-c2ccc(F)cc2)oc2cc(N(CC)CC)c(-c3cccc(C(=O)N[C@@H]4CCCC[C@@H]4C(=O)O)c3)cc12. The van der Waals surface area contributed by atoms with E-state index in [0.29, 0.717) is 46.3 Å². The fourth-order valence-corrected chi connectivity index (χ4v) is 6.13. The Morgan fingerprint density at radius 1 is 0.953 bits per heavy atom. The van der Waals surface area contributed by atoms with Crippen molar-refractivity contribution in [2.75, 3.05) is 18.0 Å². The molecule has 2 N–H and O–H groups in total. The zero-order valence-electron chi connectivity index (χ0n) is 24.8. The number of halogens is 1. The molecule has 1 aliphatic rings. The monoisotopic (exact) mass is 584 g/mol. The minimum atomic E-state index is -0.881. The quantitative estimate of drug-likeness (QED) is 0.185. The molecule has 3 aromatic carbocycles. The molecule has 1 aromatic heterocycles. The second kappa shape index (κ2) is 12.8. The zero-order valence-corrected chi connectivity index (χ0v) is 24.8. The molecule has 2 atom stereocenters. The van der Waals surface area contributed by atoms with Crippen molar-refractivity contribution >= 4 is 34.3 Å². The molecule has 0 aliphatic heterocycles. The summed E-state index contributed by atoms with van der Waals surface area (Å²) in [6.07, 6.45) is 3.18. The summed E-state index contributed by atoms with van der Waals surface area (Å²) in [7, 11) is 0. The molecule has 0 saturated heterocycles. The largest absolute Gasteiger partial charge is 0.481 e. The number of carboxylic acids is 1. The number of fused-ring (bicyclic) bond motifs is 1. The lowest BCUT2D eigenvalue weighted by Gasteiger charge is -2.29. The van der Waals surface area contributed by atoms with Crippen LogP contribution in [0, 0.1) is 11.7 Å². The Bertz CT molecular complexity index is 1660. The van der Waals surface area contributed by atoms with Gasteiger partial charge in [0.05, 0.1) is 11.5 Å². The standard InChI is InChI=1S/C35H37FN2O5/c1-4-30(39)32-27-19-26(22-10-9-11-23(18-22)34(40)37-28-13-8-7-12-25(28)35(41)42)29(38(5-2)6-3)20-31(27)43-33(32)21-14-16-24(36)17-15-21/h9-11,14-20,25,28H,4-8,12-13H2,1-3H3,(H,37,40)(H,41,42)/t25-,28+/m0/s1. The number of furan rings is 1. The van der Waals surface area contributed by atoms with Crippen molar-refractivity contribution in [3.05, 3.63) is 77.6 Å². The van der Waals surface area contributed by atoms with Crippen LogP contribution in [-0.2, 0) is 4.79 Å². The van der Waals surface area contributed by atoms with Crippen LogP contribution in [0.25, 0.3) is 33.4 Å². The van der Waals surface area contributed by atoms with Crippen molar-refractivity contribution in [3.8, 4) is 22.5 Å². The van der Waals surface area contributed by atoms with Gasteiger partial charge < -0.3 is 19.7 Å². The summed E-state index contributed by atoms with van der Waals surface area (Å²) in [4.78, 5) is 40.6. The number of Topliss-reactive ketones (excluding diaryl/α,β-unsaturated/α-hetero) is 1. The molecular formula is C35H37FN2O5. The summed E-state index contributed by atoms with van der Waals surface area (Å²) in [5.74, 6) is -1.85. The third kappa shape index (κ3) is 6.05. The van der Waals surface area contributed by atoms with Crippen LogP contribution in [0.4, 0.5) is 10.1 Å². The maximum atomic E-state index is 13.7. The number of aliphatic carboxylic acids is 1. The number of nitrogens with zero attached hydrogens (tertiary/aromatic N) is 1. The van der Waals surface area contributed by atoms with Gasteiger partial charge in [0.15, 0.2) is 5.78 Å². The van der Waals surface area contributed by atoms with Crippen molar-refractivity contribution in [2.45, 2.75) is 58.9 Å². The number of carbonyl (C=O) groups excluding carboxylic acids is 2. The van der Waals surface area contributed by atoms with Crippen molar-refractivity contribution in [1.82, 2.24) is 5.32 Å². The first kappa shape index (κ1) is 30.0. The van der Waals surface area contributed by atoms with Gasteiger partial charge in [-0.25, -0.2) is 4.39 Å². The highest BCUT2D eigenvalue weighted by molar-refractivity contribution is 6.13. The first-order valence-electron chi connectivity index (χ1n) is 15.0. The van der Waals surface area contributed by atoms with Gasteiger partial charge in [0, 0.05) is 59.4 Å². The molecule has 1 amide bonds. The van der Waals surface area contributed by atoms with E-state index in [9.17, 15) is 23.9 Å². The number of amides is 1. The van der Waals surface area contributed by atoms with Gasteiger partial charge in [0.1, 0.15) is 17.2 Å². The van der Waals surface area contributed by atoms with Crippen LogP contribution in [0.3, 0.4) is 0 Å². The highest BCUT2D eigenvalue weighted by Crippen LogP contribution is 2.41. The molecule has 43 heavy (non-hydrogen) atoms. The van der Waals surface area contributed by atoms with E-state index in [0.717, 1.165) is 42.7 Å². The van der Waals surface area contributed by atoms with Gasteiger partial charge in [-0.05, 0) is 74.7 Å². The normalized spacial score (nSPS) is 16.7. The Kier molecular flexibility index (Phi) is 8.94. The summed E-state index contributed by atoms with van der Waals surface area (Å²) < 4.78 is 20.0. The van der Waals surface area contributed by atoms with Crippen LogP contribution < -0.4 is 10.2 Å². The Labute approximate surface area is 250 Å². The summed E-state index contributed by atoms with van der Waals surface area (Å²) in [6, 6.07) is 16.6. The van der Waals surface area contributed by atoms with Crippen molar-refractivity contribution in [1.29, 1.82) is 0 Å². The molecule has 224 valence electrons. The van der Waals surface area contributed by atoms with Crippen LogP contribution in [0.1, 0.15) is 73.6 Å². The summed E-state index contributed by atoms with van der Waals surface area (Å²) >= 11 is 0. The highest BCUT2D eigenvalue weighted by atomic mass is 19.1. The Hall–Kier alpha value is -4.46. The topological polar surface area (TPSA) is 99.9 Å². The number of benzene rings is 3. The Morgan fingerprint density at radius 3 is 2.35 bits per heavy atom. The minimum absolute atomic E-state index is 0.0896. The van der Waals surface area contributed by atoms with Crippen molar-refractivity contribution in [2.24, 2.45) is 5.92 Å². The molecule has 1 aliphatic carbocycles. The fraction of sp³-hybridized carbons (Fsp3) is 0.343. The summed E-state index contributed by atoms with van der Waals surface area (Å²) in [5, 5.41) is 13.3. The second-order valence-electron chi connectivity index (χ2n) is 11.0. The van der Waals surface area contributed by atoms with Gasteiger partial charge in [-0.3, -0.25) is 14.4 Å². The number of rotatable bonds is 10. The molecule has 1 fully saturated rings. The molecule has 5 rings (SSSR count). The number of nitrogens with one attached hydrogen (secondary N) is 1. The van der Waals surface area contributed by atoms with Gasteiger partial charge >= 0.3 is 5.97 Å². The van der Waals surface area contributed by atoms with Gasteiger partial charge in [0.2, 0.25) is 0 Å². The van der Waals surface area contributed by atoms with Crippen LogP contribution in [-0.4, -0.2) is 41.9 Å². The lowest BCUT2D eigenvalue weighted by atomic mass is 9.84. The average Bonchev–Trinajstić information content (AvgIpc) is 3.40. The van der Waals surface area contributed by atoms with Crippen LogP contribution in [0.2, 0.25) is 0 Å². The molecule has 8 heteroatoms. The highest BCUT2D eigenvalue weighted by Gasteiger charge is 2.32. The molecular weight excluding hydrogens is 547 g/mol. The minimum Gasteiger partial charge on any atom is -0.481 e. The number of anilines is 1. The molecule has 0 bridgehead atoms. The van der Waals surface area contributed by atoms with Crippen LogP contribution in [0.15, 0.2) is 65.1 Å². The Morgan fingerprint density at radius 2 is 1.67 bits per heavy atom. The predicted molar refractivity (Wildman–Crippen MR) is 166 cm³/mol. The molecule has 7 nitrogen and oxygen atoms in total. The van der Waals surface area contributed by atoms with E-state index >= 15 is 0 Å². The van der Waals surface area contributed by atoms with Crippen LogP contribution in [0.5, 0.6) is 0 Å². The van der Waals surface area contributed by atoms with Crippen molar-refractivity contribution < 1.29 is 28.3 Å². The van der Waals surface area contributed by atoms with Gasteiger partial charge in [0.25, 0.3) is 5.91 Å². The Balaban J connectivity index is 1.62. The number of carboxylic acid groups (broad SMARTS) is 1. The number of hydrogen-bond donors (Lipinski definition) is 2. The van der Waals surface area contributed by atoms with E-state index in [1.807, 2.05) is 30.3 Å². The average molecular weight is 585 g/mol. The third-order valence-electron chi connectivity index (χ3n) is 8.45. The third-order valence-corrected chi connectivity index (χ3v) is 8.45. The lowest BCUT2D eigenvalue weighted by Crippen LogP contribution is -2.45. The molecule has 1 saturated carbocycles. The van der Waals surface area contributed by atoms with E-state index in [4.69, 9.17) is 4.42 Å². The predicted octanol–water partition coefficient (Wildman–Crippen LogP) is 7.72. The van der Waals surface area contributed by atoms with E-state index in [-0.39, 0.29) is 23.9 Å². The fourth-order valence-electron chi connectivity index (χ4n) is 6.13. The molecule has 1 heterocycles. The second-order valence-corrected chi connectivity index (χ2v) is 11.0. The van der Waals surface area contributed by atoms with E-state index in [1.165, 1.54) is 12.1 Å². The zero-order chi connectivity index (χ0) is 30.7. The van der Waals surface area contributed by atoms with E-state index in [2.05, 4.69) is 24.1 Å². The number of hydrogen-bond acceptors (Lipinski definition) is 5.